The minimum atomic E-state index is -1.90. The molecule has 0 aromatic heterocycles. The van der Waals surface area contributed by atoms with Crippen LogP contribution in [0, 0.1) is 5.41 Å². The highest BCUT2D eigenvalue weighted by Crippen LogP contribution is 2.64. The predicted molar refractivity (Wildman–Crippen MR) is 96.5 cm³/mol. The minimum absolute atomic E-state index is 0.164. The summed E-state index contributed by atoms with van der Waals surface area (Å²) in [6, 6.07) is 0. The van der Waals surface area contributed by atoms with E-state index in [9.17, 15) is 0 Å². The Labute approximate surface area is 152 Å². The lowest BCUT2D eigenvalue weighted by Crippen LogP contribution is -2.65. The Bertz CT molecular complexity index is 563. The van der Waals surface area contributed by atoms with Gasteiger partial charge in [0.15, 0.2) is 14.1 Å². The van der Waals surface area contributed by atoms with Gasteiger partial charge in [-0.15, -0.1) is 0 Å². The van der Waals surface area contributed by atoms with E-state index in [0.717, 1.165) is 25.7 Å². The monoisotopic (exact) mass is 368 g/mol. The van der Waals surface area contributed by atoms with Gasteiger partial charge in [-0.3, -0.25) is 0 Å². The van der Waals surface area contributed by atoms with Gasteiger partial charge in [0.2, 0.25) is 6.29 Å². The molecule has 3 heterocycles. The van der Waals surface area contributed by atoms with Crippen LogP contribution in [-0.2, 0) is 23.4 Å². The standard InChI is InChI=1S/C19H32O5Si/c1-16(2,3)25(4,5)23-14-17-13-15-20-10-9-18(17,24-15)7-6-8-19(17)21-11-12-22-19/h9-10,15H,6-8,11-14H2,1-5H3/t15-,17-,18-/m1/s1. The average molecular weight is 369 g/mol. The Balaban J connectivity index is 1.72. The van der Waals surface area contributed by atoms with Crippen molar-refractivity contribution < 1.29 is 23.4 Å². The first-order valence-corrected chi connectivity index (χ1v) is 12.5. The lowest BCUT2D eigenvalue weighted by atomic mass is 9.59. The molecule has 2 bridgehead atoms. The van der Waals surface area contributed by atoms with Crippen molar-refractivity contribution in [1.29, 1.82) is 0 Å². The normalized spacial score (nSPS) is 39.5. The van der Waals surface area contributed by atoms with Crippen molar-refractivity contribution in [3.8, 4) is 0 Å². The van der Waals surface area contributed by atoms with Crippen molar-refractivity contribution in [2.24, 2.45) is 5.41 Å². The van der Waals surface area contributed by atoms with Crippen molar-refractivity contribution in [2.45, 2.75) is 82.3 Å². The van der Waals surface area contributed by atoms with Crippen molar-refractivity contribution >= 4 is 8.32 Å². The van der Waals surface area contributed by atoms with E-state index in [4.69, 9.17) is 23.4 Å². The van der Waals surface area contributed by atoms with Crippen LogP contribution in [0.3, 0.4) is 0 Å². The Hall–Kier alpha value is -0.403. The third-order valence-electron chi connectivity index (χ3n) is 7.26. The molecule has 2 spiro atoms. The zero-order chi connectivity index (χ0) is 18.0. The fraction of sp³-hybridized carbons (Fsp3) is 0.895. The first-order valence-electron chi connectivity index (χ1n) is 9.58. The van der Waals surface area contributed by atoms with E-state index in [0.29, 0.717) is 19.8 Å². The summed E-state index contributed by atoms with van der Waals surface area (Å²) in [7, 11) is -1.90. The van der Waals surface area contributed by atoms with Crippen LogP contribution < -0.4 is 0 Å². The number of fused-ring (bicyclic) bond motifs is 2. The van der Waals surface area contributed by atoms with Crippen LogP contribution in [0.1, 0.15) is 46.5 Å². The molecular weight excluding hydrogens is 336 g/mol. The molecule has 0 amide bonds. The maximum absolute atomic E-state index is 6.74. The highest BCUT2D eigenvalue weighted by molar-refractivity contribution is 6.74. The van der Waals surface area contributed by atoms with E-state index in [1.165, 1.54) is 0 Å². The summed E-state index contributed by atoms with van der Waals surface area (Å²) >= 11 is 0. The molecule has 3 aliphatic heterocycles. The van der Waals surface area contributed by atoms with Gasteiger partial charge in [-0.1, -0.05) is 20.8 Å². The first-order chi connectivity index (χ1) is 11.7. The molecular formula is C19H32O5Si. The summed E-state index contributed by atoms with van der Waals surface area (Å²) < 4.78 is 31.5. The van der Waals surface area contributed by atoms with E-state index < -0.39 is 19.7 Å². The predicted octanol–water partition coefficient (Wildman–Crippen LogP) is 3.95. The summed E-state index contributed by atoms with van der Waals surface area (Å²) in [6.07, 6.45) is 7.34. The van der Waals surface area contributed by atoms with Crippen LogP contribution in [0.2, 0.25) is 18.1 Å². The molecule has 5 nitrogen and oxygen atoms in total. The van der Waals surface area contributed by atoms with Gasteiger partial charge in [-0.05, 0) is 37.0 Å². The van der Waals surface area contributed by atoms with E-state index in [-0.39, 0.29) is 16.7 Å². The molecule has 4 aliphatic rings. The summed E-state index contributed by atoms with van der Waals surface area (Å²) in [5.74, 6) is -0.611. The van der Waals surface area contributed by atoms with Gasteiger partial charge in [-0.2, -0.15) is 0 Å². The van der Waals surface area contributed by atoms with Crippen molar-refractivity contribution in [3.05, 3.63) is 12.3 Å². The van der Waals surface area contributed by atoms with E-state index >= 15 is 0 Å². The first kappa shape index (κ1) is 18.0. The molecule has 3 fully saturated rings. The molecule has 3 atom stereocenters. The molecule has 0 unspecified atom stereocenters. The van der Waals surface area contributed by atoms with Crippen LogP contribution in [0.5, 0.6) is 0 Å². The Kier molecular flexibility index (Phi) is 3.99. The lowest BCUT2D eigenvalue weighted by molar-refractivity contribution is -0.297. The average Bonchev–Trinajstić information content (AvgIpc) is 3.07. The van der Waals surface area contributed by atoms with Crippen molar-refractivity contribution in [1.82, 2.24) is 0 Å². The highest BCUT2D eigenvalue weighted by Gasteiger charge is 2.73. The topological polar surface area (TPSA) is 46.2 Å². The van der Waals surface area contributed by atoms with E-state index in [1.54, 1.807) is 0 Å². The Morgan fingerprint density at radius 2 is 1.88 bits per heavy atom. The van der Waals surface area contributed by atoms with Gasteiger partial charge < -0.3 is 23.4 Å². The molecule has 2 saturated heterocycles. The molecule has 0 radical (unpaired) electrons. The van der Waals surface area contributed by atoms with Crippen LogP contribution in [-0.4, -0.2) is 45.8 Å². The van der Waals surface area contributed by atoms with Crippen LogP contribution >= 0.6 is 0 Å². The summed E-state index contributed by atoms with van der Waals surface area (Å²) in [6.45, 7) is 13.3. The number of rotatable bonds is 3. The largest absolute Gasteiger partial charge is 0.473 e. The molecule has 142 valence electrons. The van der Waals surface area contributed by atoms with Gasteiger partial charge in [0, 0.05) is 19.4 Å². The fourth-order valence-electron chi connectivity index (χ4n) is 4.73. The van der Waals surface area contributed by atoms with Gasteiger partial charge in [0.1, 0.15) is 5.60 Å². The molecule has 0 aromatic carbocycles. The SMILES string of the molecule is CC(C)(C)[Si](C)(C)OC[C@]12C[C@@H]3OC=C[C@@]1(CCCC21OCCO1)O3. The molecule has 0 aromatic rings. The summed E-state index contributed by atoms with van der Waals surface area (Å²) in [5, 5.41) is 0.164. The third-order valence-corrected chi connectivity index (χ3v) is 11.7. The number of hydrogen-bond donors (Lipinski definition) is 0. The summed E-state index contributed by atoms with van der Waals surface area (Å²) in [5.41, 5.74) is -0.747. The van der Waals surface area contributed by atoms with E-state index in [2.05, 4.69) is 39.9 Å². The van der Waals surface area contributed by atoms with Crippen LogP contribution in [0.25, 0.3) is 0 Å². The quantitative estimate of drug-likeness (QED) is 0.706. The van der Waals surface area contributed by atoms with Gasteiger partial charge in [-0.25, -0.2) is 0 Å². The molecule has 25 heavy (non-hydrogen) atoms. The number of hydrogen-bond acceptors (Lipinski definition) is 5. The molecule has 4 rings (SSSR count). The lowest BCUT2D eigenvalue weighted by Gasteiger charge is -2.56. The molecule has 1 aliphatic carbocycles. The second-order valence-corrected chi connectivity index (χ2v) is 14.3. The van der Waals surface area contributed by atoms with Gasteiger partial charge in [0.25, 0.3) is 0 Å². The Morgan fingerprint density at radius 3 is 2.56 bits per heavy atom. The molecule has 1 saturated carbocycles. The van der Waals surface area contributed by atoms with Gasteiger partial charge >= 0.3 is 0 Å². The fourth-order valence-corrected chi connectivity index (χ4v) is 5.77. The maximum Gasteiger partial charge on any atom is 0.200 e. The minimum Gasteiger partial charge on any atom is -0.473 e. The smallest absolute Gasteiger partial charge is 0.200 e. The van der Waals surface area contributed by atoms with Crippen molar-refractivity contribution in [2.75, 3.05) is 19.8 Å². The maximum atomic E-state index is 6.74. The number of ether oxygens (including phenoxy) is 4. The van der Waals surface area contributed by atoms with E-state index in [1.807, 2.05) is 6.26 Å². The van der Waals surface area contributed by atoms with Crippen molar-refractivity contribution in [3.63, 3.8) is 0 Å². The zero-order valence-corrected chi connectivity index (χ0v) is 17.2. The summed E-state index contributed by atoms with van der Waals surface area (Å²) in [4.78, 5) is 0. The Morgan fingerprint density at radius 1 is 1.16 bits per heavy atom. The third kappa shape index (κ3) is 2.41. The van der Waals surface area contributed by atoms with Crippen LogP contribution in [0.4, 0.5) is 0 Å². The second-order valence-electron chi connectivity index (χ2n) is 9.51. The second kappa shape index (κ2) is 5.55. The highest BCUT2D eigenvalue weighted by atomic mass is 28.4. The van der Waals surface area contributed by atoms with Gasteiger partial charge in [0.05, 0.1) is 24.9 Å². The molecule has 6 heteroatoms. The molecule has 0 N–H and O–H groups in total. The van der Waals surface area contributed by atoms with Crippen LogP contribution in [0.15, 0.2) is 12.3 Å². The zero-order valence-electron chi connectivity index (χ0n) is 16.2.